The summed E-state index contributed by atoms with van der Waals surface area (Å²) in [5, 5.41) is 2.81. The van der Waals surface area contributed by atoms with Crippen molar-refractivity contribution in [3.63, 3.8) is 0 Å². The molecule has 1 N–H and O–H groups in total. The van der Waals surface area contributed by atoms with Crippen LogP contribution in [0.25, 0.3) is 0 Å². The Bertz CT molecular complexity index is 506. The van der Waals surface area contributed by atoms with Gasteiger partial charge >= 0.3 is 0 Å². The van der Waals surface area contributed by atoms with E-state index in [4.69, 9.17) is 4.74 Å². The zero-order chi connectivity index (χ0) is 13.9. The molecule has 1 aromatic heterocycles. The fraction of sp³-hybridized carbons (Fsp3) is 0.500. The standard InChI is InChI=1S/C14H17N3O3/c18-13-8-11-9-20-6-5-17(11)14(19)12(16-13)7-10-3-1-2-4-15-10/h1-4,11-12H,5-9H2,(H,16,18)/t11?,12-/m1/s1. The number of pyridine rings is 1. The van der Waals surface area contributed by atoms with E-state index in [-0.39, 0.29) is 17.9 Å². The lowest BCUT2D eigenvalue weighted by Gasteiger charge is -2.34. The topological polar surface area (TPSA) is 71.5 Å². The first kappa shape index (κ1) is 13.1. The van der Waals surface area contributed by atoms with Crippen LogP contribution in [0.1, 0.15) is 12.1 Å². The Balaban J connectivity index is 1.79. The predicted octanol–water partition coefficient (Wildman–Crippen LogP) is -0.260. The van der Waals surface area contributed by atoms with Crippen LogP contribution in [0.4, 0.5) is 0 Å². The fourth-order valence-electron chi connectivity index (χ4n) is 2.71. The Labute approximate surface area is 117 Å². The highest BCUT2D eigenvalue weighted by atomic mass is 16.5. The smallest absolute Gasteiger partial charge is 0.245 e. The molecular formula is C14H17N3O3. The van der Waals surface area contributed by atoms with E-state index in [0.29, 0.717) is 32.6 Å². The minimum absolute atomic E-state index is 0.0326. The van der Waals surface area contributed by atoms with Crippen molar-refractivity contribution in [3.05, 3.63) is 30.1 Å². The van der Waals surface area contributed by atoms with Crippen LogP contribution in [-0.2, 0) is 20.7 Å². The van der Waals surface area contributed by atoms with Crippen LogP contribution in [0.2, 0.25) is 0 Å². The summed E-state index contributed by atoms with van der Waals surface area (Å²) in [4.78, 5) is 30.5. The van der Waals surface area contributed by atoms with Crippen molar-refractivity contribution in [1.29, 1.82) is 0 Å². The third-order valence-corrected chi connectivity index (χ3v) is 3.70. The van der Waals surface area contributed by atoms with Crippen LogP contribution in [0.5, 0.6) is 0 Å². The monoisotopic (exact) mass is 275 g/mol. The molecule has 0 aliphatic carbocycles. The van der Waals surface area contributed by atoms with Crippen molar-refractivity contribution < 1.29 is 14.3 Å². The Morgan fingerprint density at radius 3 is 3.10 bits per heavy atom. The number of hydrogen-bond acceptors (Lipinski definition) is 4. The van der Waals surface area contributed by atoms with Gasteiger partial charge in [0.2, 0.25) is 11.8 Å². The van der Waals surface area contributed by atoms with E-state index in [0.717, 1.165) is 5.69 Å². The minimum atomic E-state index is -0.527. The van der Waals surface area contributed by atoms with Crippen LogP contribution in [0.15, 0.2) is 24.4 Å². The van der Waals surface area contributed by atoms with E-state index in [1.54, 1.807) is 11.1 Å². The Morgan fingerprint density at radius 2 is 2.30 bits per heavy atom. The number of fused-ring (bicyclic) bond motifs is 1. The van der Waals surface area contributed by atoms with Gasteiger partial charge in [-0.1, -0.05) is 6.07 Å². The molecule has 6 heteroatoms. The van der Waals surface area contributed by atoms with Gasteiger partial charge in [-0.3, -0.25) is 14.6 Å². The molecule has 0 bridgehead atoms. The number of rotatable bonds is 2. The first-order valence-electron chi connectivity index (χ1n) is 6.81. The van der Waals surface area contributed by atoms with Crippen molar-refractivity contribution in [2.24, 2.45) is 0 Å². The highest BCUT2D eigenvalue weighted by Gasteiger charge is 2.37. The molecule has 1 aromatic rings. The summed E-state index contributed by atoms with van der Waals surface area (Å²) in [6.45, 7) is 1.53. The van der Waals surface area contributed by atoms with Crippen LogP contribution < -0.4 is 5.32 Å². The molecule has 2 amide bonds. The van der Waals surface area contributed by atoms with Crippen molar-refractivity contribution in [2.45, 2.75) is 24.9 Å². The molecule has 3 rings (SSSR count). The molecule has 20 heavy (non-hydrogen) atoms. The van der Waals surface area contributed by atoms with Gasteiger partial charge in [0.1, 0.15) is 6.04 Å². The average molecular weight is 275 g/mol. The minimum Gasteiger partial charge on any atom is -0.377 e. The molecule has 3 heterocycles. The predicted molar refractivity (Wildman–Crippen MR) is 70.8 cm³/mol. The lowest BCUT2D eigenvalue weighted by atomic mass is 10.1. The Kier molecular flexibility index (Phi) is 3.64. The Morgan fingerprint density at radius 1 is 1.40 bits per heavy atom. The van der Waals surface area contributed by atoms with E-state index in [2.05, 4.69) is 10.3 Å². The molecular weight excluding hydrogens is 258 g/mol. The van der Waals surface area contributed by atoms with Gasteiger partial charge in [0, 0.05) is 31.3 Å². The van der Waals surface area contributed by atoms with Gasteiger partial charge < -0.3 is 15.0 Å². The maximum Gasteiger partial charge on any atom is 0.245 e. The highest BCUT2D eigenvalue weighted by molar-refractivity contribution is 5.90. The molecule has 0 aromatic carbocycles. The number of carbonyl (C=O) groups excluding carboxylic acids is 2. The number of nitrogens with one attached hydrogen (secondary N) is 1. The first-order valence-corrected chi connectivity index (χ1v) is 6.81. The maximum atomic E-state index is 12.6. The van der Waals surface area contributed by atoms with E-state index in [1.807, 2.05) is 18.2 Å². The molecule has 106 valence electrons. The number of nitrogens with zero attached hydrogens (tertiary/aromatic N) is 2. The number of hydrogen-bond donors (Lipinski definition) is 1. The quantitative estimate of drug-likeness (QED) is 0.807. The van der Waals surface area contributed by atoms with Crippen molar-refractivity contribution in [1.82, 2.24) is 15.2 Å². The summed E-state index contributed by atoms with van der Waals surface area (Å²) in [6, 6.07) is 4.91. The normalized spacial score (nSPS) is 26.7. The van der Waals surface area contributed by atoms with Gasteiger partial charge in [-0.05, 0) is 12.1 Å². The number of aromatic nitrogens is 1. The summed E-state index contributed by atoms with van der Waals surface area (Å²) in [7, 11) is 0. The number of amides is 2. The number of carbonyl (C=O) groups is 2. The summed E-state index contributed by atoms with van der Waals surface area (Å²) in [5.74, 6) is -0.132. The lowest BCUT2D eigenvalue weighted by molar-refractivity contribution is -0.140. The molecule has 0 radical (unpaired) electrons. The van der Waals surface area contributed by atoms with E-state index >= 15 is 0 Å². The summed E-state index contributed by atoms with van der Waals surface area (Å²) in [5.41, 5.74) is 0.804. The lowest BCUT2D eigenvalue weighted by Crippen LogP contribution is -2.52. The summed E-state index contributed by atoms with van der Waals surface area (Å²) >= 11 is 0. The first-order chi connectivity index (χ1) is 9.74. The van der Waals surface area contributed by atoms with Crippen LogP contribution >= 0.6 is 0 Å². The van der Waals surface area contributed by atoms with Gasteiger partial charge in [-0.25, -0.2) is 0 Å². The number of ether oxygens (including phenoxy) is 1. The van der Waals surface area contributed by atoms with Crippen molar-refractivity contribution in [2.75, 3.05) is 19.8 Å². The zero-order valence-electron chi connectivity index (χ0n) is 11.1. The second-order valence-corrected chi connectivity index (χ2v) is 5.11. The summed E-state index contributed by atoms with van der Waals surface area (Å²) in [6.07, 6.45) is 2.43. The fourth-order valence-corrected chi connectivity index (χ4v) is 2.71. The van der Waals surface area contributed by atoms with Crippen molar-refractivity contribution >= 4 is 11.8 Å². The van der Waals surface area contributed by atoms with Crippen LogP contribution in [0.3, 0.4) is 0 Å². The van der Waals surface area contributed by atoms with E-state index in [9.17, 15) is 9.59 Å². The largest absolute Gasteiger partial charge is 0.377 e. The average Bonchev–Trinajstić information content (AvgIpc) is 2.58. The highest BCUT2D eigenvalue weighted by Crippen LogP contribution is 2.17. The molecule has 2 aliphatic heterocycles. The molecule has 0 saturated carbocycles. The molecule has 2 saturated heterocycles. The maximum absolute atomic E-state index is 12.6. The molecule has 2 aliphatic rings. The van der Waals surface area contributed by atoms with Gasteiger partial charge in [0.05, 0.1) is 19.3 Å². The van der Waals surface area contributed by atoms with E-state index < -0.39 is 6.04 Å². The van der Waals surface area contributed by atoms with Gasteiger partial charge in [-0.2, -0.15) is 0 Å². The van der Waals surface area contributed by atoms with Gasteiger partial charge in [0.15, 0.2) is 0 Å². The van der Waals surface area contributed by atoms with Gasteiger partial charge in [-0.15, -0.1) is 0 Å². The SMILES string of the molecule is O=C1CC2COCCN2C(=O)[C@@H](Cc2ccccn2)N1. The summed E-state index contributed by atoms with van der Waals surface area (Å²) < 4.78 is 5.36. The van der Waals surface area contributed by atoms with Gasteiger partial charge in [0.25, 0.3) is 0 Å². The number of morpholine rings is 1. The third kappa shape index (κ3) is 2.65. The molecule has 0 spiro atoms. The molecule has 2 fully saturated rings. The van der Waals surface area contributed by atoms with Crippen molar-refractivity contribution in [3.8, 4) is 0 Å². The van der Waals surface area contributed by atoms with Crippen LogP contribution in [-0.4, -0.2) is 53.5 Å². The second-order valence-electron chi connectivity index (χ2n) is 5.11. The zero-order valence-corrected chi connectivity index (χ0v) is 11.1. The van der Waals surface area contributed by atoms with Crippen LogP contribution in [0, 0.1) is 0 Å². The molecule has 6 nitrogen and oxygen atoms in total. The van der Waals surface area contributed by atoms with E-state index in [1.165, 1.54) is 0 Å². The Hall–Kier alpha value is -1.95. The molecule has 2 atom stereocenters. The molecule has 1 unspecified atom stereocenters. The third-order valence-electron chi connectivity index (χ3n) is 3.70. The second kappa shape index (κ2) is 5.58.